The molecule has 0 saturated carbocycles. The number of carbonyl (C=O) groups is 2. The van der Waals surface area contributed by atoms with Gasteiger partial charge in [-0.15, -0.1) is 0 Å². The Morgan fingerprint density at radius 1 is 1.11 bits per heavy atom. The summed E-state index contributed by atoms with van der Waals surface area (Å²) < 4.78 is 10.9. The van der Waals surface area contributed by atoms with Crippen LogP contribution < -0.4 is 0 Å². The summed E-state index contributed by atoms with van der Waals surface area (Å²) >= 11 is 0. The number of nitrogens with one attached hydrogen (secondary N) is 1. The molecule has 6 heteroatoms. The number of hydrogen-bond donors (Lipinski definition) is 1. The molecule has 0 bridgehead atoms. The van der Waals surface area contributed by atoms with Crippen LogP contribution in [-0.4, -0.2) is 21.6 Å². The zero-order valence-electron chi connectivity index (χ0n) is 16.4. The van der Waals surface area contributed by atoms with Crippen LogP contribution in [0, 0.1) is 12.3 Å². The van der Waals surface area contributed by atoms with Crippen LogP contribution in [0.1, 0.15) is 63.9 Å². The number of rotatable bonds is 5. The van der Waals surface area contributed by atoms with E-state index < -0.39 is 0 Å². The molecule has 28 heavy (non-hydrogen) atoms. The Balaban J connectivity index is 1.68. The zero-order chi connectivity index (χ0) is 19.9. The molecule has 0 aromatic carbocycles. The Hall–Kier alpha value is -3.02. The first-order valence-electron chi connectivity index (χ1n) is 9.43. The van der Waals surface area contributed by atoms with Gasteiger partial charge in [0, 0.05) is 17.7 Å². The van der Waals surface area contributed by atoms with Crippen molar-refractivity contribution in [3.63, 3.8) is 0 Å². The van der Waals surface area contributed by atoms with Gasteiger partial charge in [-0.2, -0.15) is 0 Å². The molecule has 3 heterocycles. The molecule has 1 N–H and O–H groups in total. The third-order valence-corrected chi connectivity index (χ3v) is 5.26. The summed E-state index contributed by atoms with van der Waals surface area (Å²) in [6.45, 7) is 6.62. The molecule has 3 aromatic heterocycles. The lowest BCUT2D eigenvalue weighted by atomic mass is 9.75. The van der Waals surface area contributed by atoms with Gasteiger partial charge < -0.3 is 18.7 Å². The Kier molecular flexibility index (Phi) is 4.49. The molecule has 6 nitrogen and oxygen atoms in total. The molecular weight excluding hydrogens is 356 g/mol. The quantitative estimate of drug-likeness (QED) is 0.706. The first-order chi connectivity index (χ1) is 13.3. The average Bonchev–Trinajstić information content (AvgIpc) is 3.35. The van der Waals surface area contributed by atoms with E-state index in [-0.39, 0.29) is 17.1 Å². The standard InChI is InChI=1S/C22H24N2O4/c1-14-19-17(10-22(2,3)11-18(19)25)23-20(14)21(26)24(12-15-6-4-8-27-15)13-16-7-5-9-28-16/h4-9,23H,10-13H2,1-3H3. The van der Waals surface area contributed by atoms with E-state index in [0.29, 0.717) is 42.3 Å². The van der Waals surface area contributed by atoms with E-state index in [4.69, 9.17) is 8.83 Å². The van der Waals surface area contributed by atoms with Crippen LogP contribution in [0.5, 0.6) is 0 Å². The highest BCUT2D eigenvalue weighted by Crippen LogP contribution is 2.37. The van der Waals surface area contributed by atoms with Gasteiger partial charge >= 0.3 is 0 Å². The van der Waals surface area contributed by atoms with Gasteiger partial charge in [-0.05, 0) is 48.6 Å². The van der Waals surface area contributed by atoms with Crippen molar-refractivity contribution in [3.8, 4) is 0 Å². The molecule has 0 fully saturated rings. The predicted molar refractivity (Wildman–Crippen MR) is 103 cm³/mol. The van der Waals surface area contributed by atoms with Crippen LogP contribution in [0.15, 0.2) is 45.6 Å². The summed E-state index contributed by atoms with van der Waals surface area (Å²) in [5.41, 5.74) is 2.62. The Morgan fingerprint density at radius 3 is 2.25 bits per heavy atom. The second-order valence-electron chi connectivity index (χ2n) is 8.24. The third kappa shape index (κ3) is 3.42. The minimum absolute atomic E-state index is 0.0997. The summed E-state index contributed by atoms with van der Waals surface area (Å²) in [7, 11) is 0. The van der Waals surface area contributed by atoms with E-state index in [0.717, 1.165) is 17.7 Å². The maximum atomic E-state index is 13.4. The van der Waals surface area contributed by atoms with Crippen molar-refractivity contribution >= 4 is 11.7 Å². The minimum Gasteiger partial charge on any atom is -0.467 e. The summed E-state index contributed by atoms with van der Waals surface area (Å²) in [6, 6.07) is 7.26. The van der Waals surface area contributed by atoms with Crippen LogP contribution in [0.25, 0.3) is 0 Å². The van der Waals surface area contributed by atoms with Gasteiger partial charge in [0.2, 0.25) is 0 Å². The lowest BCUT2D eigenvalue weighted by molar-refractivity contribution is 0.0698. The second kappa shape index (κ2) is 6.86. The highest BCUT2D eigenvalue weighted by Gasteiger charge is 2.36. The van der Waals surface area contributed by atoms with Crippen molar-refractivity contribution in [2.45, 2.75) is 46.7 Å². The number of aromatic amines is 1. The van der Waals surface area contributed by atoms with Crippen LogP contribution in [-0.2, 0) is 19.5 Å². The smallest absolute Gasteiger partial charge is 0.271 e. The fraction of sp³-hybridized carbons (Fsp3) is 0.364. The molecule has 1 aliphatic rings. The third-order valence-electron chi connectivity index (χ3n) is 5.26. The van der Waals surface area contributed by atoms with Gasteiger partial charge in [-0.1, -0.05) is 13.8 Å². The molecule has 3 aromatic rings. The van der Waals surface area contributed by atoms with Crippen molar-refractivity contribution in [3.05, 3.63) is 70.8 Å². The molecule has 0 saturated heterocycles. The maximum Gasteiger partial charge on any atom is 0.271 e. The number of nitrogens with zero attached hydrogens (tertiary/aromatic N) is 1. The number of aromatic nitrogens is 1. The Bertz CT molecular complexity index is 958. The molecule has 146 valence electrons. The van der Waals surface area contributed by atoms with E-state index in [1.165, 1.54) is 0 Å². The van der Waals surface area contributed by atoms with E-state index in [1.807, 2.05) is 19.1 Å². The minimum atomic E-state index is -0.176. The monoisotopic (exact) mass is 380 g/mol. The summed E-state index contributed by atoms with van der Waals surface area (Å²) in [4.78, 5) is 31.0. The van der Waals surface area contributed by atoms with E-state index >= 15 is 0 Å². The molecule has 1 amide bonds. The number of Topliss-reactive ketones (excluding diaryl/α,β-unsaturated/α-hetero) is 1. The van der Waals surface area contributed by atoms with Crippen molar-refractivity contribution in [1.29, 1.82) is 0 Å². The van der Waals surface area contributed by atoms with Crippen molar-refractivity contribution in [1.82, 2.24) is 9.88 Å². The van der Waals surface area contributed by atoms with Gasteiger partial charge in [-0.25, -0.2) is 0 Å². The van der Waals surface area contributed by atoms with Gasteiger partial charge in [0.1, 0.15) is 17.2 Å². The molecule has 0 atom stereocenters. The number of furan rings is 2. The maximum absolute atomic E-state index is 13.4. The van der Waals surface area contributed by atoms with Crippen LogP contribution in [0.4, 0.5) is 0 Å². The van der Waals surface area contributed by atoms with Crippen molar-refractivity contribution < 1.29 is 18.4 Å². The van der Waals surface area contributed by atoms with Gasteiger partial charge in [0.05, 0.1) is 25.6 Å². The fourth-order valence-electron chi connectivity index (χ4n) is 3.99. The summed E-state index contributed by atoms with van der Waals surface area (Å²) in [5, 5.41) is 0. The molecule has 0 spiro atoms. The van der Waals surface area contributed by atoms with Crippen molar-refractivity contribution in [2.75, 3.05) is 0 Å². The Labute approximate surface area is 163 Å². The highest BCUT2D eigenvalue weighted by molar-refractivity contribution is 6.04. The first-order valence-corrected chi connectivity index (χ1v) is 9.43. The molecular formula is C22H24N2O4. The number of H-pyrrole nitrogens is 1. The normalized spacial score (nSPS) is 15.5. The molecule has 4 rings (SSSR count). The van der Waals surface area contributed by atoms with Crippen molar-refractivity contribution in [2.24, 2.45) is 5.41 Å². The fourth-order valence-corrected chi connectivity index (χ4v) is 3.99. The molecule has 0 radical (unpaired) electrons. The second-order valence-corrected chi connectivity index (χ2v) is 8.24. The SMILES string of the molecule is Cc1c(C(=O)N(Cc2ccco2)Cc2ccco2)[nH]c2c1C(=O)CC(C)(C)C2. The lowest BCUT2D eigenvalue weighted by Crippen LogP contribution is -2.30. The number of fused-ring (bicyclic) bond motifs is 1. The average molecular weight is 380 g/mol. The van der Waals surface area contributed by atoms with Crippen LogP contribution in [0.3, 0.4) is 0 Å². The zero-order valence-corrected chi connectivity index (χ0v) is 16.4. The van der Waals surface area contributed by atoms with Gasteiger partial charge in [0.25, 0.3) is 5.91 Å². The van der Waals surface area contributed by atoms with Gasteiger partial charge in [0.15, 0.2) is 5.78 Å². The molecule has 1 aliphatic carbocycles. The summed E-state index contributed by atoms with van der Waals surface area (Å²) in [6.07, 6.45) is 4.42. The van der Waals surface area contributed by atoms with E-state index in [1.54, 1.807) is 29.6 Å². The van der Waals surface area contributed by atoms with E-state index in [2.05, 4.69) is 18.8 Å². The van der Waals surface area contributed by atoms with Crippen LogP contribution in [0.2, 0.25) is 0 Å². The number of ketones is 1. The lowest BCUT2D eigenvalue weighted by Gasteiger charge is -2.28. The van der Waals surface area contributed by atoms with Gasteiger partial charge in [-0.3, -0.25) is 9.59 Å². The Morgan fingerprint density at radius 2 is 1.71 bits per heavy atom. The number of amides is 1. The van der Waals surface area contributed by atoms with E-state index in [9.17, 15) is 9.59 Å². The molecule has 0 unspecified atom stereocenters. The summed E-state index contributed by atoms with van der Waals surface area (Å²) in [5.74, 6) is 1.30. The predicted octanol–water partition coefficient (Wildman–Crippen LogP) is 4.51. The largest absolute Gasteiger partial charge is 0.467 e. The first kappa shape index (κ1) is 18.3. The van der Waals surface area contributed by atoms with Crippen LogP contribution >= 0.6 is 0 Å². The molecule has 0 aliphatic heterocycles. The number of carbonyl (C=O) groups excluding carboxylic acids is 2. The highest BCUT2D eigenvalue weighted by atomic mass is 16.3. The number of hydrogen-bond acceptors (Lipinski definition) is 4. The topological polar surface area (TPSA) is 79.5 Å².